The van der Waals surface area contributed by atoms with Gasteiger partial charge in [-0.15, -0.1) is 0 Å². The summed E-state index contributed by atoms with van der Waals surface area (Å²) in [4.78, 5) is 23.6. The highest BCUT2D eigenvalue weighted by Crippen LogP contribution is 2.12. The van der Waals surface area contributed by atoms with Crippen molar-refractivity contribution in [1.29, 1.82) is 0 Å². The molecule has 5 heteroatoms. The number of rotatable bonds is 5. The molecule has 4 nitrogen and oxygen atoms in total. The highest BCUT2D eigenvalue weighted by molar-refractivity contribution is 6.03. The average molecular weight is 300 g/mol. The molecule has 0 fully saturated rings. The molecule has 1 atom stereocenters. The summed E-state index contributed by atoms with van der Waals surface area (Å²) in [5, 5.41) is 5.31. The molecule has 0 saturated heterocycles. The molecule has 0 radical (unpaired) electrons. The zero-order valence-corrected chi connectivity index (χ0v) is 12.2. The van der Waals surface area contributed by atoms with Crippen molar-refractivity contribution in [2.75, 3.05) is 5.32 Å². The van der Waals surface area contributed by atoms with Crippen LogP contribution >= 0.6 is 0 Å². The molecule has 2 aromatic carbocycles. The monoisotopic (exact) mass is 300 g/mol. The van der Waals surface area contributed by atoms with Gasteiger partial charge in [-0.3, -0.25) is 9.59 Å². The van der Waals surface area contributed by atoms with Crippen LogP contribution in [0.2, 0.25) is 0 Å². The number of benzene rings is 2. The number of halogens is 1. The fraction of sp³-hybridized carbons (Fsp3) is 0.176. The van der Waals surface area contributed by atoms with Gasteiger partial charge in [-0.2, -0.15) is 0 Å². The summed E-state index contributed by atoms with van der Waals surface area (Å²) in [6.07, 6.45) is -0.283. The summed E-state index contributed by atoms with van der Waals surface area (Å²) < 4.78 is 12.8. The van der Waals surface area contributed by atoms with Crippen LogP contribution in [0.5, 0.6) is 0 Å². The molecule has 0 aliphatic heterocycles. The molecule has 0 heterocycles. The summed E-state index contributed by atoms with van der Waals surface area (Å²) in [6.45, 7) is 1.85. The molecular weight excluding hydrogens is 283 g/mol. The van der Waals surface area contributed by atoms with Gasteiger partial charge in [0.05, 0.1) is 6.04 Å². The number of amides is 2. The lowest BCUT2D eigenvalue weighted by Crippen LogP contribution is -2.30. The second-order valence-corrected chi connectivity index (χ2v) is 4.93. The normalized spacial score (nSPS) is 11.5. The fourth-order valence-corrected chi connectivity index (χ4v) is 2.00. The van der Waals surface area contributed by atoms with E-state index in [1.807, 2.05) is 37.3 Å². The highest BCUT2D eigenvalue weighted by Gasteiger charge is 2.13. The number of hydrogen-bond donors (Lipinski definition) is 2. The lowest BCUT2D eigenvalue weighted by molar-refractivity contribution is -0.127. The van der Waals surface area contributed by atoms with Crippen LogP contribution in [0.25, 0.3) is 0 Å². The van der Waals surface area contributed by atoms with E-state index in [4.69, 9.17) is 0 Å². The predicted octanol–water partition coefficient (Wildman–Crippen LogP) is 3.03. The van der Waals surface area contributed by atoms with Gasteiger partial charge in [0.15, 0.2) is 0 Å². The molecule has 0 spiro atoms. The third-order valence-electron chi connectivity index (χ3n) is 3.13. The lowest BCUT2D eigenvalue weighted by Gasteiger charge is -2.14. The topological polar surface area (TPSA) is 58.2 Å². The Morgan fingerprint density at radius 2 is 1.64 bits per heavy atom. The summed E-state index contributed by atoms with van der Waals surface area (Å²) in [6, 6.07) is 14.7. The minimum absolute atomic E-state index is 0.174. The van der Waals surface area contributed by atoms with Gasteiger partial charge in [-0.25, -0.2) is 4.39 Å². The third-order valence-corrected chi connectivity index (χ3v) is 3.13. The van der Waals surface area contributed by atoms with Gasteiger partial charge in [0, 0.05) is 5.69 Å². The Morgan fingerprint density at radius 1 is 1.00 bits per heavy atom. The van der Waals surface area contributed by atoms with Gasteiger partial charge in [-0.1, -0.05) is 30.3 Å². The van der Waals surface area contributed by atoms with Gasteiger partial charge in [-0.05, 0) is 36.8 Å². The molecule has 114 valence electrons. The molecule has 2 N–H and O–H groups in total. The Bertz CT molecular complexity index is 641. The molecule has 2 amide bonds. The van der Waals surface area contributed by atoms with Crippen LogP contribution in [-0.4, -0.2) is 11.8 Å². The van der Waals surface area contributed by atoms with E-state index in [0.29, 0.717) is 5.69 Å². The van der Waals surface area contributed by atoms with Gasteiger partial charge in [0.2, 0.25) is 11.8 Å². The summed E-state index contributed by atoms with van der Waals surface area (Å²) in [5.41, 5.74) is 1.42. The molecule has 2 aromatic rings. The van der Waals surface area contributed by atoms with E-state index in [9.17, 15) is 14.0 Å². The molecule has 2 rings (SSSR count). The minimum atomic E-state index is -0.440. The summed E-state index contributed by atoms with van der Waals surface area (Å²) >= 11 is 0. The quantitative estimate of drug-likeness (QED) is 0.834. The van der Waals surface area contributed by atoms with Crippen LogP contribution < -0.4 is 10.6 Å². The molecule has 0 aromatic heterocycles. The van der Waals surface area contributed by atoms with Crippen LogP contribution in [-0.2, 0) is 9.59 Å². The largest absolute Gasteiger partial charge is 0.349 e. The first-order chi connectivity index (χ1) is 10.5. The zero-order valence-electron chi connectivity index (χ0n) is 12.2. The van der Waals surface area contributed by atoms with Crippen molar-refractivity contribution in [3.63, 3.8) is 0 Å². The Kier molecular flexibility index (Phi) is 5.25. The van der Waals surface area contributed by atoms with E-state index in [-0.39, 0.29) is 24.2 Å². The van der Waals surface area contributed by atoms with E-state index >= 15 is 0 Å². The number of nitrogens with one attached hydrogen (secondary N) is 2. The Morgan fingerprint density at radius 3 is 2.27 bits per heavy atom. The van der Waals surface area contributed by atoms with Crippen LogP contribution in [0.1, 0.15) is 24.9 Å². The van der Waals surface area contributed by atoms with Gasteiger partial charge < -0.3 is 10.6 Å². The summed E-state index contributed by atoms with van der Waals surface area (Å²) in [7, 11) is 0. The molecule has 0 saturated carbocycles. The van der Waals surface area contributed by atoms with E-state index in [1.165, 1.54) is 24.3 Å². The Labute approximate surface area is 128 Å². The van der Waals surface area contributed by atoms with Crippen molar-refractivity contribution in [2.45, 2.75) is 19.4 Å². The molecule has 0 aliphatic rings. The first kappa shape index (κ1) is 15.7. The second-order valence-electron chi connectivity index (χ2n) is 4.93. The van der Waals surface area contributed by atoms with Crippen LogP contribution in [0.3, 0.4) is 0 Å². The number of hydrogen-bond acceptors (Lipinski definition) is 2. The van der Waals surface area contributed by atoms with Gasteiger partial charge >= 0.3 is 0 Å². The van der Waals surface area contributed by atoms with E-state index in [1.54, 1.807) is 0 Å². The molecule has 0 bridgehead atoms. The average Bonchev–Trinajstić information content (AvgIpc) is 2.50. The van der Waals surface area contributed by atoms with Crippen molar-refractivity contribution in [1.82, 2.24) is 5.32 Å². The minimum Gasteiger partial charge on any atom is -0.349 e. The van der Waals surface area contributed by atoms with Crippen molar-refractivity contribution in [3.05, 3.63) is 66.0 Å². The van der Waals surface area contributed by atoms with Crippen molar-refractivity contribution < 1.29 is 14.0 Å². The highest BCUT2D eigenvalue weighted by atomic mass is 19.1. The van der Waals surface area contributed by atoms with Crippen LogP contribution in [0, 0.1) is 5.82 Å². The van der Waals surface area contributed by atoms with Crippen molar-refractivity contribution >= 4 is 17.5 Å². The smallest absolute Gasteiger partial charge is 0.233 e. The molecule has 0 aliphatic carbocycles. The SMILES string of the molecule is CC(NC(=O)CC(=O)Nc1ccc(F)cc1)c1ccccc1. The lowest BCUT2D eigenvalue weighted by atomic mass is 10.1. The number of anilines is 1. The van der Waals surface area contributed by atoms with E-state index < -0.39 is 5.91 Å². The van der Waals surface area contributed by atoms with E-state index in [2.05, 4.69) is 10.6 Å². The maximum atomic E-state index is 12.8. The maximum absolute atomic E-state index is 12.8. The number of carbonyl (C=O) groups is 2. The van der Waals surface area contributed by atoms with E-state index in [0.717, 1.165) is 5.56 Å². The molecule has 22 heavy (non-hydrogen) atoms. The van der Waals surface area contributed by atoms with Gasteiger partial charge in [0.1, 0.15) is 12.2 Å². The Hall–Kier alpha value is -2.69. The van der Waals surface area contributed by atoms with Gasteiger partial charge in [0.25, 0.3) is 0 Å². The summed E-state index contributed by atoms with van der Waals surface area (Å²) in [5.74, 6) is -1.19. The predicted molar refractivity (Wildman–Crippen MR) is 82.6 cm³/mol. The van der Waals surface area contributed by atoms with Crippen molar-refractivity contribution in [2.24, 2.45) is 0 Å². The zero-order chi connectivity index (χ0) is 15.9. The van der Waals surface area contributed by atoms with Crippen LogP contribution in [0.15, 0.2) is 54.6 Å². The standard InChI is InChI=1S/C17H17FN2O2/c1-12(13-5-3-2-4-6-13)19-16(21)11-17(22)20-15-9-7-14(18)8-10-15/h2-10,12H,11H2,1H3,(H,19,21)(H,20,22). The van der Waals surface area contributed by atoms with Crippen LogP contribution in [0.4, 0.5) is 10.1 Å². The Balaban J connectivity index is 1.83. The molecule has 1 unspecified atom stereocenters. The maximum Gasteiger partial charge on any atom is 0.233 e. The third kappa shape index (κ3) is 4.70. The number of carbonyl (C=O) groups excluding carboxylic acids is 2. The second kappa shape index (κ2) is 7.36. The first-order valence-corrected chi connectivity index (χ1v) is 6.94. The first-order valence-electron chi connectivity index (χ1n) is 6.94. The van der Waals surface area contributed by atoms with Crippen molar-refractivity contribution in [3.8, 4) is 0 Å². The molecular formula is C17H17FN2O2. The fourth-order valence-electron chi connectivity index (χ4n) is 2.00.